The molecule has 0 fully saturated rings. The smallest absolute Gasteiger partial charge is 0.221 e. The average molecular weight is 228 g/mol. The van der Waals surface area contributed by atoms with E-state index in [2.05, 4.69) is 10.6 Å². The van der Waals surface area contributed by atoms with E-state index in [0.717, 1.165) is 6.07 Å². The van der Waals surface area contributed by atoms with Crippen molar-refractivity contribution in [2.45, 2.75) is 13.0 Å². The van der Waals surface area contributed by atoms with Gasteiger partial charge in [-0.2, -0.15) is 0 Å². The van der Waals surface area contributed by atoms with Crippen molar-refractivity contribution >= 4 is 5.91 Å². The molecule has 3 nitrogen and oxygen atoms in total. The van der Waals surface area contributed by atoms with Crippen LogP contribution in [0.25, 0.3) is 0 Å². The number of hydrogen-bond donors (Lipinski definition) is 2. The Hall–Kier alpha value is -1.49. The van der Waals surface area contributed by atoms with Gasteiger partial charge >= 0.3 is 0 Å². The van der Waals surface area contributed by atoms with E-state index in [9.17, 15) is 13.6 Å². The quantitative estimate of drug-likeness (QED) is 0.743. The highest BCUT2D eigenvalue weighted by atomic mass is 19.1. The number of carbonyl (C=O) groups excluding carboxylic acids is 1. The fraction of sp³-hybridized carbons (Fsp3) is 0.364. The second-order valence-electron chi connectivity index (χ2n) is 3.38. The van der Waals surface area contributed by atoms with E-state index < -0.39 is 11.6 Å². The molecule has 0 aliphatic heterocycles. The standard InChI is InChI=1S/C11H14F2N2O/c1-14-11(16)2-3-15-7-8-4-9(12)6-10(13)5-8/h4-6,15H,2-3,7H2,1H3,(H,14,16). The summed E-state index contributed by atoms with van der Waals surface area (Å²) >= 11 is 0. The summed E-state index contributed by atoms with van der Waals surface area (Å²) in [6.07, 6.45) is 0.342. The summed E-state index contributed by atoms with van der Waals surface area (Å²) in [4.78, 5) is 10.9. The maximum atomic E-state index is 12.8. The fourth-order valence-electron chi connectivity index (χ4n) is 1.27. The molecule has 1 aromatic carbocycles. The number of benzene rings is 1. The van der Waals surface area contributed by atoms with Crippen molar-refractivity contribution in [1.29, 1.82) is 0 Å². The van der Waals surface area contributed by atoms with Crippen LogP contribution in [-0.2, 0) is 11.3 Å². The minimum Gasteiger partial charge on any atom is -0.359 e. The Morgan fingerprint density at radius 2 is 1.88 bits per heavy atom. The lowest BCUT2D eigenvalue weighted by Crippen LogP contribution is -2.24. The lowest BCUT2D eigenvalue weighted by atomic mass is 10.2. The van der Waals surface area contributed by atoms with Gasteiger partial charge in [0, 0.05) is 32.6 Å². The van der Waals surface area contributed by atoms with E-state index in [1.165, 1.54) is 12.1 Å². The van der Waals surface area contributed by atoms with E-state index in [1.807, 2.05) is 0 Å². The number of rotatable bonds is 5. The second-order valence-corrected chi connectivity index (χ2v) is 3.38. The SMILES string of the molecule is CNC(=O)CCNCc1cc(F)cc(F)c1. The van der Waals surface area contributed by atoms with Crippen molar-refractivity contribution in [3.05, 3.63) is 35.4 Å². The monoisotopic (exact) mass is 228 g/mol. The third-order valence-electron chi connectivity index (χ3n) is 2.06. The van der Waals surface area contributed by atoms with Gasteiger partial charge in [0.25, 0.3) is 0 Å². The van der Waals surface area contributed by atoms with E-state index in [1.54, 1.807) is 7.05 Å². The highest BCUT2D eigenvalue weighted by Crippen LogP contribution is 2.07. The number of hydrogen-bond acceptors (Lipinski definition) is 2. The van der Waals surface area contributed by atoms with E-state index in [-0.39, 0.29) is 5.91 Å². The molecule has 0 heterocycles. The normalized spacial score (nSPS) is 10.2. The van der Waals surface area contributed by atoms with Gasteiger partial charge in [0.15, 0.2) is 0 Å². The van der Waals surface area contributed by atoms with Crippen LogP contribution in [-0.4, -0.2) is 19.5 Å². The van der Waals surface area contributed by atoms with Crippen LogP contribution < -0.4 is 10.6 Å². The molecule has 0 saturated carbocycles. The van der Waals surface area contributed by atoms with Crippen LogP contribution in [0.4, 0.5) is 8.78 Å². The van der Waals surface area contributed by atoms with Crippen molar-refractivity contribution in [3.63, 3.8) is 0 Å². The molecule has 1 rings (SSSR count). The highest BCUT2D eigenvalue weighted by molar-refractivity contribution is 5.75. The van der Waals surface area contributed by atoms with Gasteiger partial charge in [-0.05, 0) is 17.7 Å². The van der Waals surface area contributed by atoms with Gasteiger partial charge in [-0.15, -0.1) is 0 Å². The Bertz CT molecular complexity index is 349. The molecular weight excluding hydrogens is 214 g/mol. The van der Waals surface area contributed by atoms with Gasteiger partial charge in [0.2, 0.25) is 5.91 Å². The van der Waals surface area contributed by atoms with Crippen LogP contribution in [0.15, 0.2) is 18.2 Å². The fourth-order valence-corrected chi connectivity index (χ4v) is 1.27. The van der Waals surface area contributed by atoms with Gasteiger partial charge in [0.05, 0.1) is 0 Å². The molecule has 88 valence electrons. The first-order valence-corrected chi connectivity index (χ1v) is 4.98. The molecule has 2 N–H and O–H groups in total. The summed E-state index contributed by atoms with van der Waals surface area (Å²) in [6.45, 7) is 0.809. The topological polar surface area (TPSA) is 41.1 Å². The van der Waals surface area contributed by atoms with Crippen molar-refractivity contribution in [1.82, 2.24) is 10.6 Å². The van der Waals surface area contributed by atoms with Crippen molar-refractivity contribution in [3.8, 4) is 0 Å². The number of nitrogens with one attached hydrogen (secondary N) is 2. The Morgan fingerprint density at radius 1 is 1.25 bits per heavy atom. The summed E-state index contributed by atoms with van der Waals surface area (Å²) in [6, 6.07) is 3.35. The Kier molecular flexibility index (Phi) is 4.85. The Labute approximate surface area is 92.8 Å². The molecule has 5 heteroatoms. The summed E-state index contributed by atoms with van der Waals surface area (Å²) in [5, 5.41) is 5.41. The zero-order valence-corrected chi connectivity index (χ0v) is 9.02. The molecule has 16 heavy (non-hydrogen) atoms. The lowest BCUT2D eigenvalue weighted by Gasteiger charge is -2.04. The molecule has 0 unspecified atom stereocenters. The summed E-state index contributed by atoms with van der Waals surface area (Å²) in [7, 11) is 1.56. The van der Waals surface area contributed by atoms with Gasteiger partial charge in [0.1, 0.15) is 11.6 Å². The summed E-state index contributed by atoms with van der Waals surface area (Å²) < 4.78 is 25.6. The van der Waals surface area contributed by atoms with Crippen LogP contribution in [0.5, 0.6) is 0 Å². The Morgan fingerprint density at radius 3 is 2.44 bits per heavy atom. The molecule has 1 aromatic rings. The molecule has 0 saturated heterocycles. The maximum Gasteiger partial charge on any atom is 0.221 e. The molecular formula is C11H14F2N2O. The van der Waals surface area contributed by atoms with Crippen LogP contribution in [0.2, 0.25) is 0 Å². The minimum absolute atomic E-state index is 0.0714. The predicted octanol–water partition coefficient (Wildman–Crippen LogP) is 1.19. The molecule has 0 aliphatic rings. The van der Waals surface area contributed by atoms with Gasteiger partial charge in [-0.25, -0.2) is 8.78 Å². The summed E-state index contributed by atoms with van der Waals surface area (Å²) in [5.74, 6) is -1.26. The van der Waals surface area contributed by atoms with Crippen molar-refractivity contribution in [2.75, 3.05) is 13.6 Å². The molecule has 0 atom stereocenters. The van der Waals surface area contributed by atoms with E-state index in [0.29, 0.717) is 25.1 Å². The number of amides is 1. The zero-order valence-electron chi connectivity index (χ0n) is 9.02. The van der Waals surface area contributed by atoms with Crippen LogP contribution in [0.1, 0.15) is 12.0 Å². The van der Waals surface area contributed by atoms with Gasteiger partial charge in [-0.3, -0.25) is 4.79 Å². The van der Waals surface area contributed by atoms with E-state index >= 15 is 0 Å². The third-order valence-corrected chi connectivity index (χ3v) is 2.06. The van der Waals surface area contributed by atoms with Gasteiger partial charge < -0.3 is 10.6 Å². The first kappa shape index (κ1) is 12.6. The minimum atomic E-state index is -0.594. The third kappa shape index (κ3) is 4.35. The highest BCUT2D eigenvalue weighted by Gasteiger charge is 2.01. The molecule has 0 aliphatic carbocycles. The van der Waals surface area contributed by atoms with E-state index in [4.69, 9.17) is 0 Å². The largest absolute Gasteiger partial charge is 0.359 e. The van der Waals surface area contributed by atoms with Crippen molar-refractivity contribution < 1.29 is 13.6 Å². The van der Waals surface area contributed by atoms with Crippen LogP contribution in [0, 0.1) is 11.6 Å². The van der Waals surface area contributed by atoms with Crippen LogP contribution in [0.3, 0.4) is 0 Å². The average Bonchev–Trinajstić information content (AvgIpc) is 2.22. The Balaban J connectivity index is 2.34. The number of carbonyl (C=O) groups is 1. The first-order chi connectivity index (χ1) is 7.61. The molecule has 0 radical (unpaired) electrons. The summed E-state index contributed by atoms with van der Waals surface area (Å²) in [5.41, 5.74) is 0.523. The van der Waals surface area contributed by atoms with Crippen molar-refractivity contribution in [2.24, 2.45) is 0 Å². The molecule has 1 amide bonds. The zero-order chi connectivity index (χ0) is 12.0. The molecule has 0 aromatic heterocycles. The molecule has 0 bridgehead atoms. The second kappa shape index (κ2) is 6.17. The first-order valence-electron chi connectivity index (χ1n) is 4.98. The predicted molar refractivity (Wildman–Crippen MR) is 56.7 cm³/mol. The lowest BCUT2D eigenvalue weighted by molar-refractivity contribution is -0.120. The number of halogens is 2. The molecule has 0 spiro atoms. The van der Waals surface area contributed by atoms with Gasteiger partial charge in [-0.1, -0.05) is 0 Å². The maximum absolute atomic E-state index is 12.8. The van der Waals surface area contributed by atoms with Crippen LogP contribution >= 0.6 is 0 Å².